The van der Waals surface area contributed by atoms with Crippen molar-refractivity contribution in [2.24, 2.45) is 5.41 Å². The molecule has 1 atom stereocenters. The summed E-state index contributed by atoms with van der Waals surface area (Å²) in [4.78, 5) is 67.4. The van der Waals surface area contributed by atoms with Gasteiger partial charge in [0.25, 0.3) is 23.6 Å². The van der Waals surface area contributed by atoms with Crippen LogP contribution >= 0.6 is 0 Å². The highest BCUT2D eigenvalue weighted by Crippen LogP contribution is 2.27. The van der Waals surface area contributed by atoms with Crippen molar-refractivity contribution in [3.63, 3.8) is 0 Å². The minimum atomic E-state index is -1.89. The SMILES string of the molecule is CC(C)(C(=O)ON1C(=O)CCC1=O)C(O)ON1C(=O)CCC1=O. The number of nitrogens with zero attached hydrogens (tertiary/aromatic N) is 2. The zero-order chi connectivity index (χ0) is 17.4. The normalized spacial score (nSPS) is 20.5. The summed E-state index contributed by atoms with van der Waals surface area (Å²) in [7, 11) is 0. The molecule has 0 aromatic rings. The smallest absolute Gasteiger partial charge is 0.343 e. The third kappa shape index (κ3) is 3.22. The summed E-state index contributed by atoms with van der Waals surface area (Å²) in [6.07, 6.45) is -2.13. The zero-order valence-corrected chi connectivity index (χ0v) is 12.6. The number of aliphatic hydroxyl groups excluding tert-OH is 1. The molecule has 1 unspecified atom stereocenters. The zero-order valence-electron chi connectivity index (χ0n) is 12.6. The lowest BCUT2D eigenvalue weighted by Crippen LogP contribution is -2.47. The maximum Gasteiger partial charge on any atom is 0.343 e. The number of hydrogen-bond acceptors (Lipinski definition) is 8. The van der Waals surface area contributed by atoms with Crippen LogP contribution in [-0.2, 0) is 33.6 Å². The van der Waals surface area contributed by atoms with E-state index < -0.39 is 41.3 Å². The van der Waals surface area contributed by atoms with Crippen LogP contribution in [0.2, 0.25) is 0 Å². The Morgan fingerprint density at radius 3 is 1.78 bits per heavy atom. The molecule has 2 aliphatic heterocycles. The summed E-state index contributed by atoms with van der Waals surface area (Å²) < 4.78 is 0. The largest absolute Gasteiger partial charge is 0.365 e. The Bertz CT molecular complexity index is 553. The molecule has 126 valence electrons. The Balaban J connectivity index is 2.02. The lowest BCUT2D eigenvalue weighted by atomic mass is 9.93. The molecule has 0 radical (unpaired) electrons. The second-order valence-corrected chi connectivity index (χ2v) is 5.72. The first-order valence-electron chi connectivity index (χ1n) is 6.93. The summed E-state index contributed by atoms with van der Waals surface area (Å²) in [5.74, 6) is -3.72. The predicted octanol–water partition coefficient (Wildman–Crippen LogP) is -0.981. The van der Waals surface area contributed by atoms with E-state index in [4.69, 9.17) is 9.68 Å². The Labute approximate surface area is 130 Å². The van der Waals surface area contributed by atoms with Crippen molar-refractivity contribution in [1.29, 1.82) is 0 Å². The molecule has 10 heteroatoms. The van der Waals surface area contributed by atoms with E-state index in [0.717, 1.165) is 0 Å². The van der Waals surface area contributed by atoms with Gasteiger partial charge in [0.2, 0.25) is 0 Å². The van der Waals surface area contributed by atoms with Crippen molar-refractivity contribution >= 4 is 29.6 Å². The molecule has 2 aliphatic rings. The van der Waals surface area contributed by atoms with E-state index in [1.165, 1.54) is 13.8 Å². The van der Waals surface area contributed by atoms with E-state index in [-0.39, 0.29) is 25.7 Å². The maximum absolute atomic E-state index is 12.1. The van der Waals surface area contributed by atoms with E-state index in [2.05, 4.69) is 0 Å². The minimum Gasteiger partial charge on any atom is -0.365 e. The van der Waals surface area contributed by atoms with Crippen LogP contribution in [-0.4, -0.2) is 51.1 Å². The Hall–Kier alpha value is -2.33. The van der Waals surface area contributed by atoms with Crippen LogP contribution in [0, 0.1) is 5.41 Å². The first-order valence-corrected chi connectivity index (χ1v) is 6.93. The molecule has 1 N–H and O–H groups in total. The van der Waals surface area contributed by atoms with Gasteiger partial charge in [-0.05, 0) is 13.8 Å². The number of hydrogen-bond donors (Lipinski definition) is 1. The van der Waals surface area contributed by atoms with Crippen LogP contribution in [0.15, 0.2) is 0 Å². The Kier molecular flexibility index (Phi) is 4.48. The molecule has 4 amide bonds. The molecular formula is C13H16N2O8. The van der Waals surface area contributed by atoms with Crippen LogP contribution in [0.25, 0.3) is 0 Å². The van der Waals surface area contributed by atoms with Crippen molar-refractivity contribution in [1.82, 2.24) is 10.1 Å². The van der Waals surface area contributed by atoms with Crippen molar-refractivity contribution in [3.8, 4) is 0 Å². The average molecular weight is 328 g/mol. The van der Waals surface area contributed by atoms with Gasteiger partial charge in [-0.15, -0.1) is 5.06 Å². The topological polar surface area (TPSA) is 131 Å². The number of rotatable bonds is 5. The molecule has 2 heterocycles. The maximum atomic E-state index is 12.1. The Morgan fingerprint density at radius 1 is 0.957 bits per heavy atom. The highest BCUT2D eigenvalue weighted by Gasteiger charge is 2.45. The quantitative estimate of drug-likeness (QED) is 0.503. The molecular weight excluding hydrogens is 312 g/mol. The monoisotopic (exact) mass is 328 g/mol. The van der Waals surface area contributed by atoms with E-state index >= 15 is 0 Å². The summed E-state index contributed by atoms with van der Waals surface area (Å²) >= 11 is 0. The molecule has 0 aromatic carbocycles. The molecule has 0 bridgehead atoms. The van der Waals surface area contributed by atoms with Gasteiger partial charge < -0.3 is 9.94 Å². The molecule has 10 nitrogen and oxygen atoms in total. The molecule has 0 saturated carbocycles. The molecule has 2 rings (SSSR count). The van der Waals surface area contributed by atoms with E-state index in [9.17, 15) is 29.1 Å². The molecule has 0 spiro atoms. The minimum absolute atomic E-state index is 0.0484. The van der Waals surface area contributed by atoms with Gasteiger partial charge in [0.05, 0.1) is 0 Å². The fourth-order valence-corrected chi connectivity index (χ4v) is 1.86. The summed E-state index contributed by atoms with van der Waals surface area (Å²) in [5, 5.41) is 10.7. The van der Waals surface area contributed by atoms with Gasteiger partial charge in [-0.3, -0.25) is 19.2 Å². The van der Waals surface area contributed by atoms with Gasteiger partial charge in [-0.1, -0.05) is 0 Å². The molecule has 2 fully saturated rings. The van der Waals surface area contributed by atoms with Gasteiger partial charge in [-0.2, -0.15) is 5.06 Å². The van der Waals surface area contributed by atoms with E-state index in [0.29, 0.717) is 10.1 Å². The Morgan fingerprint density at radius 2 is 1.35 bits per heavy atom. The number of carbonyl (C=O) groups is 5. The number of carbonyl (C=O) groups excluding carboxylic acids is 5. The number of imide groups is 2. The van der Waals surface area contributed by atoms with Crippen molar-refractivity contribution in [2.75, 3.05) is 0 Å². The van der Waals surface area contributed by atoms with Crippen molar-refractivity contribution in [3.05, 3.63) is 0 Å². The summed E-state index contributed by atoms with van der Waals surface area (Å²) in [5.41, 5.74) is -1.74. The highest BCUT2D eigenvalue weighted by atomic mass is 16.8. The lowest BCUT2D eigenvalue weighted by molar-refractivity contribution is -0.278. The fourth-order valence-electron chi connectivity index (χ4n) is 1.86. The second kappa shape index (κ2) is 6.05. The third-order valence-electron chi connectivity index (χ3n) is 3.53. The molecule has 0 aromatic heterocycles. The van der Waals surface area contributed by atoms with Gasteiger partial charge in [0.1, 0.15) is 5.41 Å². The molecule has 0 aliphatic carbocycles. The van der Waals surface area contributed by atoms with E-state index in [1.54, 1.807) is 0 Å². The van der Waals surface area contributed by atoms with Crippen molar-refractivity contribution in [2.45, 2.75) is 45.8 Å². The van der Waals surface area contributed by atoms with E-state index in [1.807, 2.05) is 0 Å². The van der Waals surface area contributed by atoms with Crippen LogP contribution < -0.4 is 0 Å². The number of hydroxylamine groups is 4. The van der Waals surface area contributed by atoms with Crippen molar-refractivity contribution < 1.29 is 38.8 Å². The summed E-state index contributed by atoms with van der Waals surface area (Å²) in [6.45, 7) is 2.44. The average Bonchev–Trinajstić information content (AvgIpc) is 2.96. The highest BCUT2D eigenvalue weighted by molar-refractivity contribution is 6.02. The van der Waals surface area contributed by atoms with Crippen LogP contribution in [0.3, 0.4) is 0 Å². The number of amides is 4. The van der Waals surface area contributed by atoms with Gasteiger partial charge in [0, 0.05) is 25.7 Å². The second-order valence-electron chi connectivity index (χ2n) is 5.72. The van der Waals surface area contributed by atoms with Crippen LogP contribution in [0.1, 0.15) is 39.5 Å². The molecule has 23 heavy (non-hydrogen) atoms. The van der Waals surface area contributed by atoms with Crippen LogP contribution in [0.4, 0.5) is 0 Å². The third-order valence-corrected chi connectivity index (χ3v) is 3.53. The number of aliphatic hydroxyl groups is 1. The predicted molar refractivity (Wildman–Crippen MR) is 69.1 cm³/mol. The van der Waals surface area contributed by atoms with Gasteiger partial charge in [-0.25, -0.2) is 9.63 Å². The standard InChI is InChI=1S/C13H16N2O8/c1-13(2,11(20)22-14-7(16)3-4-8(14)17)12(21)23-15-9(18)5-6-10(15)19/h11,20H,3-6H2,1-2H3. The molecule has 2 saturated heterocycles. The lowest BCUT2D eigenvalue weighted by Gasteiger charge is -2.30. The summed E-state index contributed by atoms with van der Waals surface area (Å²) in [6, 6.07) is 0. The van der Waals surface area contributed by atoms with Crippen LogP contribution in [0.5, 0.6) is 0 Å². The first kappa shape index (κ1) is 17.0. The first-order chi connectivity index (χ1) is 10.6. The van der Waals surface area contributed by atoms with Gasteiger partial charge in [0.15, 0.2) is 6.29 Å². The fraction of sp³-hybridized carbons (Fsp3) is 0.615. The van der Waals surface area contributed by atoms with Gasteiger partial charge >= 0.3 is 5.97 Å².